The monoisotopic (exact) mass is 181 g/mol. The molecule has 0 aromatic heterocycles. The lowest BCUT2D eigenvalue weighted by atomic mass is 11.1. The normalized spacial score (nSPS) is 6.00. The number of guanidine groups is 2. The van der Waals surface area contributed by atoms with E-state index in [2.05, 4.69) is 22.9 Å². The van der Waals surface area contributed by atoms with Gasteiger partial charge in [0.15, 0.2) is 11.9 Å². The Balaban J connectivity index is -0.000000101. The van der Waals surface area contributed by atoms with E-state index in [0.29, 0.717) is 0 Å². The van der Waals surface area contributed by atoms with Crippen molar-refractivity contribution in [2.24, 2.45) is 22.9 Å². The first kappa shape index (κ1) is 16.4. The summed E-state index contributed by atoms with van der Waals surface area (Å²) in [6, 6.07) is 0. The molecule has 0 heterocycles. The van der Waals surface area contributed by atoms with E-state index in [1.165, 1.54) is 0 Å². The molecule has 12 heavy (non-hydrogen) atoms. The summed E-state index contributed by atoms with van der Waals surface area (Å²) < 4.78 is 0. The fraction of sp³-hybridized carbons (Fsp3) is 0. The van der Waals surface area contributed by atoms with Crippen LogP contribution in [0.2, 0.25) is 0 Å². The van der Waals surface area contributed by atoms with Crippen molar-refractivity contribution < 1.29 is 10.3 Å². The van der Waals surface area contributed by atoms with Crippen molar-refractivity contribution in [1.82, 2.24) is 0 Å². The largest absolute Gasteiger partial charge is 0.370 e. The van der Waals surface area contributed by atoms with Crippen LogP contribution < -0.4 is 22.9 Å². The Morgan fingerprint density at radius 1 is 1.17 bits per heavy atom. The lowest BCUT2D eigenvalue weighted by Gasteiger charge is -1.69. The Labute approximate surface area is 67.2 Å². The molecule has 0 aliphatic heterocycles. The number of hydrogen-bond donors (Lipinski definition) is 7. The maximum atomic E-state index is 8.36. The molecule has 72 valence electrons. The number of hydrogen-bond acceptors (Lipinski definition) is 4. The second kappa shape index (κ2) is 11.5. The summed E-state index contributed by atoms with van der Waals surface area (Å²) in [7, 11) is 0. The number of nitrogens with zero attached hydrogens (tertiary/aromatic N) is 1. The fourth-order valence-corrected chi connectivity index (χ4v) is 0. The zero-order valence-corrected chi connectivity index (χ0v) is 6.02. The summed E-state index contributed by atoms with van der Waals surface area (Å²) in [5.41, 5.74) is 17.9. The smallest absolute Gasteiger partial charge is 0.291 e. The van der Waals surface area contributed by atoms with Crippen LogP contribution in [0.4, 0.5) is 0 Å². The highest BCUT2D eigenvalue weighted by molar-refractivity contribution is 5.72. The van der Waals surface area contributed by atoms with Crippen molar-refractivity contribution in [2.75, 3.05) is 0 Å². The Kier molecular flexibility index (Phi) is 15.7. The Morgan fingerprint density at radius 2 is 1.17 bits per heavy atom. The van der Waals surface area contributed by atoms with E-state index >= 15 is 0 Å². The van der Waals surface area contributed by atoms with Gasteiger partial charge < -0.3 is 28.1 Å². The quantitative estimate of drug-likeness (QED) is 0.0908. The molecule has 0 aromatic rings. The maximum Gasteiger partial charge on any atom is 0.291 e. The maximum absolute atomic E-state index is 8.36. The van der Waals surface area contributed by atoms with Crippen LogP contribution in [0.5, 0.6) is 0 Å². The molecule has 0 radical (unpaired) electrons. The summed E-state index contributed by atoms with van der Waals surface area (Å²) >= 11 is 0. The number of nitrogens with two attached hydrogens (primary N) is 4. The van der Waals surface area contributed by atoms with Crippen LogP contribution in [0.15, 0.2) is 0 Å². The molecule has 0 aromatic carbocycles. The third-order valence-corrected chi connectivity index (χ3v) is 0. The van der Waals surface area contributed by atoms with Crippen LogP contribution in [-0.2, 0) is 0 Å². The van der Waals surface area contributed by atoms with E-state index in [1.807, 2.05) is 0 Å². The van der Waals surface area contributed by atoms with Crippen LogP contribution in [-0.4, -0.2) is 22.2 Å². The van der Waals surface area contributed by atoms with Crippen LogP contribution >= 0.6 is 0 Å². The molecule has 0 amide bonds. The van der Waals surface area contributed by atoms with E-state index in [0.717, 1.165) is 0 Å². The summed E-state index contributed by atoms with van der Waals surface area (Å²) in [6.07, 6.45) is 0. The highest BCUT2D eigenvalue weighted by Crippen LogP contribution is 1.38. The van der Waals surface area contributed by atoms with Crippen LogP contribution in [0.3, 0.4) is 0 Å². The van der Waals surface area contributed by atoms with Crippen molar-refractivity contribution in [3.63, 3.8) is 0 Å². The highest BCUT2D eigenvalue weighted by atomic mass is 16.9. The van der Waals surface area contributed by atoms with Crippen molar-refractivity contribution >= 4 is 11.9 Å². The van der Waals surface area contributed by atoms with E-state index in [1.54, 1.807) is 0 Å². The molecular weight excluding hydrogens is 170 g/mol. The second-order valence-electron chi connectivity index (χ2n) is 1.15. The molecule has 0 rings (SSSR count). The van der Waals surface area contributed by atoms with Crippen molar-refractivity contribution in [1.29, 1.82) is 10.8 Å². The molecule has 0 saturated heterocycles. The van der Waals surface area contributed by atoms with Crippen molar-refractivity contribution in [3.8, 4) is 0 Å². The molecule has 0 bridgehead atoms. The second-order valence-corrected chi connectivity index (χ2v) is 1.15. The minimum atomic E-state index is -1.50. The van der Waals surface area contributed by atoms with E-state index in [4.69, 9.17) is 26.1 Å². The Bertz CT molecular complexity index is 114. The lowest BCUT2D eigenvalue weighted by Crippen LogP contribution is -2.20. The fourth-order valence-electron chi connectivity index (χ4n) is 0. The molecule has 0 saturated carbocycles. The van der Waals surface area contributed by atoms with Gasteiger partial charge in [0.05, 0.1) is 0 Å². The molecule has 10 heteroatoms. The molecule has 0 unspecified atom stereocenters. The predicted molar refractivity (Wildman–Crippen MR) is 41.0 cm³/mol. The van der Waals surface area contributed by atoms with Gasteiger partial charge >= 0.3 is 0 Å². The molecule has 0 fully saturated rings. The van der Waals surface area contributed by atoms with Gasteiger partial charge in [0.25, 0.3) is 5.09 Å². The number of nitrogens with one attached hydrogen (secondary N) is 2. The van der Waals surface area contributed by atoms with Gasteiger partial charge in [0.1, 0.15) is 0 Å². The highest BCUT2D eigenvalue weighted by Gasteiger charge is 1.65. The molecular formula is C2H11N7O3. The van der Waals surface area contributed by atoms with E-state index < -0.39 is 5.09 Å². The average Bonchev–Trinajstić information content (AvgIpc) is 1.54. The zero-order chi connectivity index (χ0) is 10.7. The predicted octanol–water partition coefficient (Wildman–Crippen LogP) is -2.67. The Morgan fingerprint density at radius 3 is 1.17 bits per heavy atom. The minimum absolute atomic E-state index is 0.333. The van der Waals surface area contributed by atoms with Gasteiger partial charge in [-0.2, -0.15) is 0 Å². The average molecular weight is 181 g/mol. The molecule has 0 aliphatic carbocycles. The van der Waals surface area contributed by atoms with Gasteiger partial charge in [-0.15, -0.1) is 10.1 Å². The molecule has 11 N–H and O–H groups in total. The number of rotatable bonds is 0. The van der Waals surface area contributed by atoms with E-state index in [9.17, 15) is 0 Å². The van der Waals surface area contributed by atoms with Crippen molar-refractivity contribution in [3.05, 3.63) is 10.1 Å². The molecule has 0 spiro atoms. The van der Waals surface area contributed by atoms with Gasteiger partial charge in [0.2, 0.25) is 0 Å². The lowest BCUT2D eigenvalue weighted by molar-refractivity contribution is -0.742. The van der Waals surface area contributed by atoms with Gasteiger partial charge in [-0.05, 0) is 0 Å². The third kappa shape index (κ3) is 68.8. The molecule has 0 atom stereocenters. The first-order valence-corrected chi connectivity index (χ1v) is 2.22. The summed E-state index contributed by atoms with van der Waals surface area (Å²) in [5.74, 6) is -0.667. The molecule has 0 aliphatic rings. The van der Waals surface area contributed by atoms with Gasteiger partial charge in [-0.3, -0.25) is 10.8 Å². The van der Waals surface area contributed by atoms with Gasteiger partial charge in [-0.1, -0.05) is 0 Å². The minimum Gasteiger partial charge on any atom is -0.370 e. The van der Waals surface area contributed by atoms with Gasteiger partial charge in [0, 0.05) is 0 Å². The first-order valence-electron chi connectivity index (χ1n) is 2.22. The molecule has 10 nitrogen and oxygen atoms in total. The van der Waals surface area contributed by atoms with Crippen molar-refractivity contribution in [2.45, 2.75) is 0 Å². The topological polar surface area (TPSA) is 215 Å². The van der Waals surface area contributed by atoms with Crippen LogP contribution in [0.1, 0.15) is 0 Å². The Hall–Kier alpha value is -2.26. The third-order valence-electron chi connectivity index (χ3n) is 0. The zero-order valence-electron chi connectivity index (χ0n) is 6.02. The summed E-state index contributed by atoms with van der Waals surface area (Å²) in [4.78, 5) is 8.36. The van der Waals surface area contributed by atoms with Gasteiger partial charge in [-0.25, -0.2) is 0 Å². The standard InChI is InChI=1S/2CH5N3.HNO3/c3*2-1(3)4/h2*(H5,2,3,4);(H,2,3,4). The van der Waals surface area contributed by atoms with E-state index in [-0.39, 0.29) is 11.9 Å². The first-order chi connectivity index (χ1) is 5.20. The SMILES string of the molecule is N=C(N)N.N=C(N)N.O=[N+]([O-])O. The van der Waals surface area contributed by atoms with Crippen LogP contribution in [0, 0.1) is 20.9 Å². The summed E-state index contributed by atoms with van der Waals surface area (Å²) in [5, 5.41) is 25.8. The summed E-state index contributed by atoms with van der Waals surface area (Å²) in [6.45, 7) is 0. The van der Waals surface area contributed by atoms with Crippen LogP contribution in [0.25, 0.3) is 0 Å².